The predicted molar refractivity (Wildman–Crippen MR) is 152 cm³/mol. The van der Waals surface area contributed by atoms with Gasteiger partial charge in [-0.25, -0.2) is 0 Å². The third-order valence-corrected chi connectivity index (χ3v) is 8.52. The third kappa shape index (κ3) is 9.24. The van der Waals surface area contributed by atoms with E-state index >= 15 is 0 Å². The first-order valence-corrected chi connectivity index (χ1v) is 14.9. The number of rotatable bonds is 15. The molecule has 0 spiro atoms. The summed E-state index contributed by atoms with van der Waals surface area (Å²) in [4.78, 5) is 0. The van der Waals surface area contributed by atoms with Crippen molar-refractivity contribution in [3.63, 3.8) is 0 Å². The van der Waals surface area contributed by atoms with Gasteiger partial charge in [-0.1, -0.05) is 127 Å². The van der Waals surface area contributed by atoms with Crippen molar-refractivity contribution < 1.29 is 0 Å². The molecule has 1 aliphatic rings. The van der Waals surface area contributed by atoms with Crippen LogP contribution in [0.5, 0.6) is 0 Å². The van der Waals surface area contributed by atoms with Crippen LogP contribution >= 0.6 is 0 Å². The van der Waals surface area contributed by atoms with Crippen LogP contribution in [0.2, 0.25) is 0 Å². The van der Waals surface area contributed by atoms with Gasteiger partial charge in [-0.15, -0.1) is 0 Å². The van der Waals surface area contributed by atoms with Crippen LogP contribution in [-0.4, -0.2) is 0 Å². The molecule has 34 heavy (non-hydrogen) atoms. The molecule has 0 amide bonds. The molecule has 3 rings (SSSR count). The van der Waals surface area contributed by atoms with Crippen molar-refractivity contribution in [1.82, 2.24) is 0 Å². The zero-order chi connectivity index (χ0) is 24.0. The quantitative estimate of drug-likeness (QED) is 0.232. The number of hydrogen-bond acceptors (Lipinski definition) is 0. The molecule has 188 valence electrons. The second-order valence-corrected chi connectivity index (χ2v) is 11.4. The van der Waals surface area contributed by atoms with Gasteiger partial charge in [0.1, 0.15) is 0 Å². The molecule has 0 N–H and O–H groups in total. The largest absolute Gasteiger partial charge is 0.0654 e. The SMILES string of the molecule is CCCCCCCCCCCc1ccc(-c2ccc(C3CCC(CC(C)CC)CC3)cc2)cc1. The van der Waals surface area contributed by atoms with Crippen molar-refractivity contribution in [1.29, 1.82) is 0 Å². The molecule has 0 nitrogen and oxygen atoms in total. The van der Waals surface area contributed by atoms with Gasteiger partial charge in [0.2, 0.25) is 0 Å². The van der Waals surface area contributed by atoms with E-state index in [2.05, 4.69) is 69.3 Å². The highest BCUT2D eigenvalue weighted by Crippen LogP contribution is 2.39. The van der Waals surface area contributed by atoms with E-state index in [-0.39, 0.29) is 0 Å². The molecule has 1 atom stereocenters. The smallest absolute Gasteiger partial charge is 0.0162 e. The van der Waals surface area contributed by atoms with Gasteiger partial charge >= 0.3 is 0 Å². The van der Waals surface area contributed by atoms with Crippen LogP contribution < -0.4 is 0 Å². The lowest BCUT2D eigenvalue weighted by Gasteiger charge is -2.30. The van der Waals surface area contributed by atoms with Crippen LogP contribution in [0.15, 0.2) is 48.5 Å². The Morgan fingerprint density at radius 3 is 1.74 bits per heavy atom. The number of hydrogen-bond donors (Lipinski definition) is 0. The summed E-state index contributed by atoms with van der Waals surface area (Å²) in [6.45, 7) is 7.06. The molecule has 0 heteroatoms. The van der Waals surface area contributed by atoms with E-state index in [4.69, 9.17) is 0 Å². The van der Waals surface area contributed by atoms with E-state index in [0.717, 1.165) is 17.8 Å². The summed E-state index contributed by atoms with van der Waals surface area (Å²) in [5.74, 6) is 2.65. The van der Waals surface area contributed by atoms with Gasteiger partial charge < -0.3 is 0 Å². The van der Waals surface area contributed by atoms with Crippen LogP contribution in [0.4, 0.5) is 0 Å². The van der Waals surface area contributed by atoms with Crippen molar-refractivity contribution in [2.45, 2.75) is 129 Å². The molecule has 0 aromatic heterocycles. The number of unbranched alkanes of at least 4 members (excludes halogenated alkanes) is 8. The predicted octanol–water partition coefficient (Wildman–Crippen LogP) is 11.1. The summed E-state index contributed by atoms with van der Waals surface area (Å²) in [5, 5.41) is 0. The normalized spacial score (nSPS) is 19.3. The third-order valence-electron chi connectivity index (χ3n) is 8.52. The second-order valence-electron chi connectivity index (χ2n) is 11.4. The van der Waals surface area contributed by atoms with Gasteiger partial charge in [0.05, 0.1) is 0 Å². The summed E-state index contributed by atoms with van der Waals surface area (Å²) in [6, 6.07) is 18.9. The lowest BCUT2D eigenvalue weighted by Crippen LogP contribution is -2.15. The minimum Gasteiger partial charge on any atom is -0.0654 e. The monoisotopic (exact) mass is 460 g/mol. The summed E-state index contributed by atoms with van der Waals surface area (Å²) < 4.78 is 0. The molecular weight excluding hydrogens is 408 g/mol. The zero-order valence-corrected chi connectivity index (χ0v) is 22.7. The molecule has 1 unspecified atom stereocenters. The Morgan fingerprint density at radius 2 is 1.18 bits per heavy atom. The maximum atomic E-state index is 2.43. The fourth-order valence-electron chi connectivity index (χ4n) is 5.92. The number of benzene rings is 2. The molecule has 1 saturated carbocycles. The molecule has 1 fully saturated rings. The van der Waals surface area contributed by atoms with E-state index in [1.807, 2.05) is 0 Å². The van der Waals surface area contributed by atoms with Gasteiger partial charge in [0.25, 0.3) is 0 Å². The molecule has 0 radical (unpaired) electrons. The molecule has 0 bridgehead atoms. The Labute approximate surface area is 212 Å². The van der Waals surface area contributed by atoms with Crippen LogP contribution in [0.3, 0.4) is 0 Å². The van der Waals surface area contributed by atoms with Gasteiger partial charge in [0, 0.05) is 0 Å². The van der Waals surface area contributed by atoms with Crippen LogP contribution in [-0.2, 0) is 6.42 Å². The van der Waals surface area contributed by atoms with E-state index in [0.29, 0.717) is 0 Å². The first-order valence-electron chi connectivity index (χ1n) is 14.9. The number of aryl methyl sites for hydroxylation is 1. The summed E-state index contributed by atoms with van der Waals surface area (Å²) in [6.07, 6.45) is 22.3. The van der Waals surface area contributed by atoms with Gasteiger partial charge in [-0.05, 0) is 85.0 Å². The van der Waals surface area contributed by atoms with Crippen LogP contribution in [0.1, 0.15) is 134 Å². The van der Waals surface area contributed by atoms with Crippen molar-refractivity contribution >= 4 is 0 Å². The van der Waals surface area contributed by atoms with Gasteiger partial charge in [-0.2, -0.15) is 0 Å². The topological polar surface area (TPSA) is 0 Å². The van der Waals surface area contributed by atoms with Gasteiger partial charge in [0.15, 0.2) is 0 Å². The average molecular weight is 461 g/mol. The lowest BCUT2D eigenvalue weighted by atomic mass is 9.75. The van der Waals surface area contributed by atoms with Gasteiger partial charge in [-0.3, -0.25) is 0 Å². The Hall–Kier alpha value is -1.56. The van der Waals surface area contributed by atoms with Crippen molar-refractivity contribution in [3.8, 4) is 11.1 Å². The molecule has 2 aromatic rings. The average Bonchev–Trinajstić information content (AvgIpc) is 2.88. The van der Waals surface area contributed by atoms with E-state index in [9.17, 15) is 0 Å². The van der Waals surface area contributed by atoms with Crippen molar-refractivity contribution in [3.05, 3.63) is 59.7 Å². The zero-order valence-electron chi connectivity index (χ0n) is 22.7. The fraction of sp³-hybridized carbons (Fsp3) is 0.647. The Morgan fingerprint density at radius 1 is 0.647 bits per heavy atom. The highest BCUT2D eigenvalue weighted by atomic mass is 14.3. The minimum atomic E-state index is 0.779. The summed E-state index contributed by atoms with van der Waals surface area (Å²) in [7, 11) is 0. The Kier molecular flexibility index (Phi) is 12.3. The van der Waals surface area contributed by atoms with Crippen molar-refractivity contribution in [2.24, 2.45) is 11.8 Å². The molecule has 2 aromatic carbocycles. The Bertz CT molecular complexity index is 761. The first-order chi connectivity index (χ1) is 16.7. The highest BCUT2D eigenvalue weighted by molar-refractivity contribution is 5.64. The first kappa shape index (κ1) is 27.0. The molecule has 0 aliphatic heterocycles. The highest BCUT2D eigenvalue weighted by Gasteiger charge is 2.23. The maximum absolute atomic E-state index is 2.43. The minimum absolute atomic E-state index is 0.779. The van der Waals surface area contributed by atoms with Crippen LogP contribution in [0, 0.1) is 11.8 Å². The van der Waals surface area contributed by atoms with E-state index < -0.39 is 0 Å². The maximum Gasteiger partial charge on any atom is -0.0162 e. The van der Waals surface area contributed by atoms with Crippen LogP contribution in [0.25, 0.3) is 11.1 Å². The van der Waals surface area contributed by atoms with E-state index in [1.54, 1.807) is 5.56 Å². The van der Waals surface area contributed by atoms with E-state index in [1.165, 1.54) is 119 Å². The standard InChI is InChI=1S/C34H52/c1-4-6-7-8-9-10-11-12-13-14-29-15-19-31(20-16-29)33-23-25-34(26-24-33)32-21-17-30(18-22-32)27-28(3)5-2/h15-16,19-20,23-26,28,30,32H,4-14,17-18,21-22,27H2,1-3H3. The molecule has 1 aliphatic carbocycles. The van der Waals surface area contributed by atoms with Crippen molar-refractivity contribution in [2.75, 3.05) is 0 Å². The second kappa shape index (κ2) is 15.4. The summed E-state index contributed by atoms with van der Waals surface area (Å²) in [5.41, 5.74) is 5.79. The molecule has 0 heterocycles. The Balaban J connectivity index is 1.37. The molecule has 0 saturated heterocycles. The summed E-state index contributed by atoms with van der Waals surface area (Å²) >= 11 is 0. The fourth-order valence-corrected chi connectivity index (χ4v) is 5.92. The lowest BCUT2D eigenvalue weighted by molar-refractivity contribution is 0.273. The molecular formula is C34H52.